The number of primary amides is 2. The summed E-state index contributed by atoms with van der Waals surface area (Å²) in [7, 11) is 0. The Balaban J connectivity index is -0.000000117. The monoisotopic (exact) mass is 772 g/mol. The lowest BCUT2D eigenvalue weighted by Gasteiger charge is -2.06. The second kappa shape index (κ2) is 36.4. The number of aliphatic carboxylic acids is 6. The van der Waals surface area contributed by atoms with Crippen LogP contribution in [0.2, 0.25) is 0 Å². The lowest BCUT2D eigenvalue weighted by atomic mass is 10.2. The summed E-state index contributed by atoms with van der Waals surface area (Å²) < 4.78 is 0. The van der Waals surface area contributed by atoms with E-state index in [9.17, 15) is 38.4 Å². The number of carbonyl (C=O) groups is 8. The SMILES string of the molecule is CC(O)C(N)C(=O)O.CSCCC(N)C(=O)O.NC(=O)CC(N)C(=O)O.NC(=O)CCC(N)C(=O)O.NC(CO)C(=O)O.NC(CS)C(=O)O. The number of carboxylic acids is 6. The smallest absolute Gasteiger partial charge is 0.323 e. The summed E-state index contributed by atoms with van der Waals surface area (Å²) in [5.41, 5.74) is 39.2. The van der Waals surface area contributed by atoms with Crippen LogP contribution in [0, 0.1) is 0 Å². The highest BCUT2D eigenvalue weighted by Crippen LogP contribution is 1.97. The Morgan fingerprint density at radius 2 is 0.960 bits per heavy atom. The first-order valence-electron chi connectivity index (χ1n) is 13.5. The quantitative estimate of drug-likeness (QED) is 0.0611. The van der Waals surface area contributed by atoms with Crippen LogP contribution in [0.4, 0.5) is 0 Å². The van der Waals surface area contributed by atoms with Gasteiger partial charge in [0.1, 0.15) is 36.3 Å². The lowest BCUT2D eigenvalue weighted by molar-refractivity contribution is -0.141. The van der Waals surface area contributed by atoms with E-state index in [-0.39, 0.29) is 25.0 Å². The highest BCUT2D eigenvalue weighted by molar-refractivity contribution is 7.98. The largest absolute Gasteiger partial charge is 0.480 e. The summed E-state index contributed by atoms with van der Waals surface area (Å²) in [6.07, 6.45) is 1.31. The third-order valence-corrected chi connectivity index (χ3v) is 5.58. The van der Waals surface area contributed by atoms with E-state index in [1.807, 2.05) is 6.26 Å². The van der Waals surface area contributed by atoms with Gasteiger partial charge in [0, 0.05) is 12.2 Å². The molecular formula is C24H52N8O16S2. The first-order valence-corrected chi connectivity index (χ1v) is 15.6. The van der Waals surface area contributed by atoms with Crippen molar-refractivity contribution in [2.45, 2.75) is 75.0 Å². The van der Waals surface area contributed by atoms with Gasteiger partial charge in [-0.05, 0) is 31.8 Å². The Hall–Kier alpha value is -3.86. The van der Waals surface area contributed by atoms with Crippen molar-refractivity contribution >= 4 is 72.0 Å². The van der Waals surface area contributed by atoms with Gasteiger partial charge in [0.05, 0.1) is 19.1 Å². The first-order chi connectivity index (χ1) is 22.7. The number of amides is 2. The van der Waals surface area contributed by atoms with Crippen LogP contribution in [0.15, 0.2) is 0 Å². The van der Waals surface area contributed by atoms with Gasteiger partial charge < -0.3 is 86.7 Å². The molecule has 0 bridgehead atoms. The number of aliphatic hydroxyl groups is 2. The molecule has 0 aromatic rings. The molecule has 0 rings (SSSR count). The number of carboxylic acid groups (broad SMARTS) is 6. The minimum absolute atomic E-state index is 0.0213. The maximum Gasteiger partial charge on any atom is 0.323 e. The first kappa shape index (κ1) is 58.4. The molecule has 296 valence electrons. The van der Waals surface area contributed by atoms with E-state index in [0.717, 1.165) is 5.75 Å². The number of nitrogens with two attached hydrogens (primary N) is 8. The van der Waals surface area contributed by atoms with Crippen molar-refractivity contribution in [2.75, 3.05) is 24.4 Å². The van der Waals surface area contributed by atoms with Gasteiger partial charge in [0.2, 0.25) is 11.8 Å². The molecule has 0 aromatic heterocycles. The molecule has 0 saturated carbocycles. The van der Waals surface area contributed by atoms with Gasteiger partial charge in [-0.3, -0.25) is 38.4 Å². The van der Waals surface area contributed by atoms with Crippen molar-refractivity contribution in [1.29, 1.82) is 0 Å². The van der Waals surface area contributed by atoms with Crippen LogP contribution in [-0.2, 0) is 38.4 Å². The lowest BCUT2D eigenvalue weighted by Crippen LogP contribution is -2.39. The van der Waals surface area contributed by atoms with Gasteiger partial charge >= 0.3 is 35.8 Å². The van der Waals surface area contributed by atoms with Crippen molar-refractivity contribution < 1.29 is 79.2 Å². The van der Waals surface area contributed by atoms with E-state index in [1.54, 1.807) is 11.8 Å². The molecular weight excluding hydrogens is 720 g/mol. The third-order valence-electron chi connectivity index (χ3n) is 4.54. The molecule has 26 heteroatoms. The van der Waals surface area contributed by atoms with Crippen molar-refractivity contribution in [2.24, 2.45) is 45.9 Å². The molecule has 0 aliphatic rings. The summed E-state index contributed by atoms with van der Waals surface area (Å²) in [5, 5.41) is 65.0. The maximum atomic E-state index is 10.1. The second-order valence-corrected chi connectivity index (χ2v) is 10.5. The van der Waals surface area contributed by atoms with Gasteiger partial charge in [-0.2, -0.15) is 24.4 Å². The van der Waals surface area contributed by atoms with Crippen LogP contribution >= 0.6 is 24.4 Å². The van der Waals surface area contributed by atoms with E-state index >= 15 is 0 Å². The molecule has 0 radical (unpaired) electrons. The van der Waals surface area contributed by atoms with E-state index in [2.05, 4.69) is 18.4 Å². The summed E-state index contributed by atoms with van der Waals surface area (Å²) in [4.78, 5) is 79.4. The van der Waals surface area contributed by atoms with Gasteiger partial charge in [-0.1, -0.05) is 0 Å². The number of rotatable bonds is 17. The Morgan fingerprint density at radius 3 is 1.10 bits per heavy atom. The second-order valence-electron chi connectivity index (χ2n) is 9.15. The standard InChI is InChI=1S/C5H10N2O3.C5H11NO2S.C4H8N2O3.C4H9NO3.C3H7NO3.C3H7NO2S/c6-3(5(9)10)1-2-4(7)8;1-9-3-2-4(6)5(7)8;5-2(4(8)9)1-3(6)7;1-2(6)3(5)4(7)8;4-2(1-5)3(6)7;4-2(1-7)3(5)6/h3H,1-2,6H2,(H2,7,8)(H,9,10);4H,2-3,6H2,1H3,(H,7,8);2H,1,5H2,(H2,6,7)(H,8,9);2-3,6H,5H2,1H3,(H,7,8);2,5H,1,4H2,(H,6,7);2,7H,1,4H2,(H,5,6). The molecule has 0 spiro atoms. The van der Waals surface area contributed by atoms with Crippen LogP contribution in [-0.4, -0.2) is 155 Å². The Labute approximate surface area is 296 Å². The Kier molecular flexibility index (Phi) is 42.5. The summed E-state index contributed by atoms with van der Waals surface area (Å²) in [6.45, 7) is 0.827. The fraction of sp³-hybridized carbons (Fsp3) is 0.667. The van der Waals surface area contributed by atoms with Crippen molar-refractivity contribution in [3.8, 4) is 0 Å². The number of carbonyl (C=O) groups excluding carboxylic acids is 2. The molecule has 24 N–H and O–H groups in total. The summed E-state index contributed by atoms with van der Waals surface area (Å²) in [5.74, 6) is -6.83. The zero-order valence-electron chi connectivity index (χ0n) is 27.3. The molecule has 0 aliphatic heterocycles. The Bertz CT molecular complexity index is 993. The normalized spacial score (nSPS) is 13.7. The fourth-order valence-electron chi connectivity index (χ4n) is 1.46. The number of thiol groups is 1. The van der Waals surface area contributed by atoms with Crippen LogP contribution in [0.25, 0.3) is 0 Å². The van der Waals surface area contributed by atoms with Gasteiger partial charge in [0.15, 0.2) is 0 Å². The number of aliphatic hydroxyl groups excluding tert-OH is 2. The molecule has 0 heterocycles. The van der Waals surface area contributed by atoms with Crippen molar-refractivity contribution in [1.82, 2.24) is 0 Å². The van der Waals surface area contributed by atoms with Crippen molar-refractivity contribution in [3.05, 3.63) is 0 Å². The number of hydrogen-bond acceptors (Lipinski definition) is 18. The van der Waals surface area contributed by atoms with Crippen LogP contribution in [0.5, 0.6) is 0 Å². The zero-order valence-corrected chi connectivity index (χ0v) is 29.0. The molecule has 24 nitrogen and oxygen atoms in total. The molecule has 0 fully saturated rings. The Morgan fingerprint density at radius 1 is 0.600 bits per heavy atom. The number of thioether (sulfide) groups is 1. The highest BCUT2D eigenvalue weighted by atomic mass is 32.2. The third kappa shape index (κ3) is 48.5. The van der Waals surface area contributed by atoms with Crippen LogP contribution in [0.1, 0.15) is 32.6 Å². The molecule has 7 unspecified atom stereocenters. The predicted molar refractivity (Wildman–Crippen MR) is 182 cm³/mol. The number of hydrogen-bond donors (Lipinski definition) is 17. The fourth-order valence-corrected chi connectivity index (χ4v) is 2.10. The molecule has 50 heavy (non-hydrogen) atoms. The van der Waals surface area contributed by atoms with Gasteiger partial charge in [0.25, 0.3) is 0 Å². The minimum atomic E-state index is -1.21. The van der Waals surface area contributed by atoms with Crippen LogP contribution < -0.4 is 45.9 Å². The minimum Gasteiger partial charge on any atom is -0.480 e. The van der Waals surface area contributed by atoms with E-state index < -0.39 is 96.6 Å². The average molecular weight is 773 g/mol. The summed E-state index contributed by atoms with van der Waals surface area (Å²) in [6, 6.07) is -5.93. The highest BCUT2D eigenvalue weighted by Gasteiger charge is 2.16. The zero-order chi connectivity index (χ0) is 41.3. The maximum absolute atomic E-state index is 10.1. The molecule has 2 amide bonds. The van der Waals surface area contributed by atoms with E-state index in [4.69, 9.17) is 81.0 Å². The molecule has 0 saturated heterocycles. The summed E-state index contributed by atoms with van der Waals surface area (Å²) >= 11 is 5.25. The van der Waals surface area contributed by atoms with E-state index in [1.165, 1.54) is 6.92 Å². The van der Waals surface area contributed by atoms with Gasteiger partial charge in [-0.25, -0.2) is 0 Å². The van der Waals surface area contributed by atoms with Gasteiger partial charge in [-0.15, -0.1) is 0 Å². The van der Waals surface area contributed by atoms with E-state index in [0.29, 0.717) is 6.42 Å². The van der Waals surface area contributed by atoms with Crippen LogP contribution in [0.3, 0.4) is 0 Å². The predicted octanol–water partition coefficient (Wildman–Crippen LogP) is -6.41. The topological polar surface area (TPSA) is 507 Å². The molecule has 7 atom stereocenters. The average Bonchev–Trinajstić information content (AvgIpc) is 3.01. The molecule has 0 aliphatic carbocycles. The van der Waals surface area contributed by atoms with Crippen molar-refractivity contribution in [3.63, 3.8) is 0 Å². The molecule has 0 aromatic carbocycles.